The summed E-state index contributed by atoms with van der Waals surface area (Å²) in [6.07, 6.45) is 1.24. The average Bonchev–Trinajstić information content (AvgIpc) is 3.34. The van der Waals surface area contributed by atoms with Crippen LogP contribution in [0.4, 0.5) is 10.5 Å². The molecule has 0 radical (unpaired) electrons. The Labute approximate surface area is 161 Å². The van der Waals surface area contributed by atoms with Crippen LogP contribution in [-0.2, 0) is 10.2 Å². The van der Waals surface area contributed by atoms with E-state index in [0.717, 1.165) is 11.3 Å². The molecule has 0 bridgehead atoms. The largest absolute Gasteiger partial charge is 0.492 e. The summed E-state index contributed by atoms with van der Waals surface area (Å²) in [6, 6.07) is 8.99. The van der Waals surface area contributed by atoms with E-state index in [2.05, 4.69) is 29.5 Å². The number of benzene rings is 1. The number of hydrogen-bond donors (Lipinski definition) is 3. The molecule has 146 valence electrons. The molecule has 4 rings (SSSR count). The van der Waals surface area contributed by atoms with Crippen molar-refractivity contribution in [1.82, 2.24) is 10.3 Å². The zero-order valence-electron chi connectivity index (χ0n) is 15.6. The third kappa shape index (κ3) is 3.33. The van der Waals surface area contributed by atoms with Crippen molar-refractivity contribution < 1.29 is 24.2 Å². The molecule has 8 nitrogen and oxygen atoms in total. The van der Waals surface area contributed by atoms with Crippen LogP contribution in [0, 0.1) is 0 Å². The maximum atomic E-state index is 12.3. The first-order valence-corrected chi connectivity index (χ1v) is 9.02. The summed E-state index contributed by atoms with van der Waals surface area (Å²) < 4.78 is 11.7. The van der Waals surface area contributed by atoms with Gasteiger partial charge in [0.1, 0.15) is 17.0 Å². The normalized spacial score (nSPS) is 17.8. The standard InChI is InChI=1S/C20H21N3O5/c1-19(2)11-27-13-4-3-5-14(16(13)19)28-15-7-6-12(10-21-15)22-17(24)20(8-9-20)23-18(25)26/h3-7,10,23H,8-9,11H2,1-2H3,(H,22,24)(H,25,26). The van der Waals surface area contributed by atoms with E-state index < -0.39 is 11.6 Å². The quantitative estimate of drug-likeness (QED) is 0.731. The maximum Gasteiger partial charge on any atom is 0.405 e. The van der Waals surface area contributed by atoms with E-state index in [0.29, 0.717) is 36.8 Å². The molecule has 1 aliphatic heterocycles. The Morgan fingerprint density at radius 1 is 1.21 bits per heavy atom. The Hall–Kier alpha value is -3.29. The van der Waals surface area contributed by atoms with Crippen LogP contribution in [0.5, 0.6) is 17.4 Å². The minimum absolute atomic E-state index is 0.157. The first-order valence-electron chi connectivity index (χ1n) is 9.02. The van der Waals surface area contributed by atoms with Crippen molar-refractivity contribution in [2.24, 2.45) is 0 Å². The summed E-state index contributed by atoms with van der Waals surface area (Å²) in [5, 5.41) is 13.8. The summed E-state index contributed by atoms with van der Waals surface area (Å²) >= 11 is 0. The minimum Gasteiger partial charge on any atom is -0.492 e. The fourth-order valence-corrected chi connectivity index (χ4v) is 3.33. The van der Waals surface area contributed by atoms with Gasteiger partial charge in [-0.2, -0.15) is 0 Å². The molecule has 0 saturated heterocycles. The summed E-state index contributed by atoms with van der Waals surface area (Å²) in [5.74, 6) is 1.50. The average molecular weight is 383 g/mol. The molecule has 1 fully saturated rings. The van der Waals surface area contributed by atoms with Gasteiger partial charge < -0.3 is 25.2 Å². The topological polar surface area (TPSA) is 110 Å². The Balaban J connectivity index is 1.46. The Bertz CT molecular complexity index is 935. The monoisotopic (exact) mass is 383 g/mol. The fraction of sp³-hybridized carbons (Fsp3) is 0.350. The van der Waals surface area contributed by atoms with Gasteiger partial charge in [-0.1, -0.05) is 19.9 Å². The first-order chi connectivity index (χ1) is 13.3. The molecule has 2 heterocycles. The molecule has 0 unspecified atom stereocenters. The van der Waals surface area contributed by atoms with Gasteiger partial charge in [-0.25, -0.2) is 9.78 Å². The number of pyridine rings is 1. The lowest BCUT2D eigenvalue weighted by Gasteiger charge is -2.19. The molecule has 1 aromatic carbocycles. The lowest BCUT2D eigenvalue weighted by molar-refractivity contribution is -0.119. The van der Waals surface area contributed by atoms with E-state index >= 15 is 0 Å². The van der Waals surface area contributed by atoms with Crippen molar-refractivity contribution in [3.05, 3.63) is 42.1 Å². The maximum absolute atomic E-state index is 12.3. The number of anilines is 1. The molecule has 0 spiro atoms. The van der Waals surface area contributed by atoms with Crippen LogP contribution in [0.2, 0.25) is 0 Å². The lowest BCUT2D eigenvalue weighted by atomic mass is 9.86. The molecule has 1 aliphatic carbocycles. The highest BCUT2D eigenvalue weighted by Gasteiger charge is 2.51. The number of carbonyl (C=O) groups excluding carboxylic acids is 1. The van der Waals surface area contributed by atoms with Crippen molar-refractivity contribution in [2.75, 3.05) is 11.9 Å². The van der Waals surface area contributed by atoms with Gasteiger partial charge in [-0.05, 0) is 31.0 Å². The Kier molecular flexibility index (Phi) is 4.14. The second-order valence-electron chi connectivity index (χ2n) is 7.76. The fourth-order valence-electron chi connectivity index (χ4n) is 3.33. The van der Waals surface area contributed by atoms with Gasteiger partial charge in [0, 0.05) is 17.0 Å². The van der Waals surface area contributed by atoms with Crippen LogP contribution < -0.4 is 20.1 Å². The van der Waals surface area contributed by atoms with Crippen LogP contribution in [0.1, 0.15) is 32.3 Å². The molecule has 2 aliphatic rings. The molecule has 2 aromatic rings. The van der Waals surface area contributed by atoms with E-state index in [1.807, 2.05) is 18.2 Å². The predicted molar refractivity (Wildman–Crippen MR) is 101 cm³/mol. The van der Waals surface area contributed by atoms with Gasteiger partial charge in [-0.3, -0.25) is 4.79 Å². The van der Waals surface area contributed by atoms with Gasteiger partial charge >= 0.3 is 6.09 Å². The number of carboxylic acid groups (broad SMARTS) is 1. The summed E-state index contributed by atoms with van der Waals surface area (Å²) in [5.41, 5.74) is 0.287. The van der Waals surface area contributed by atoms with Crippen molar-refractivity contribution in [1.29, 1.82) is 0 Å². The van der Waals surface area contributed by atoms with Crippen LogP contribution in [0.3, 0.4) is 0 Å². The summed E-state index contributed by atoms with van der Waals surface area (Å²) in [7, 11) is 0. The highest BCUT2D eigenvalue weighted by molar-refractivity contribution is 6.01. The van der Waals surface area contributed by atoms with Crippen molar-refractivity contribution in [3.63, 3.8) is 0 Å². The van der Waals surface area contributed by atoms with Crippen molar-refractivity contribution >= 4 is 17.7 Å². The molecule has 3 N–H and O–H groups in total. The number of amides is 2. The SMILES string of the molecule is CC1(C)COc2cccc(Oc3ccc(NC(=O)C4(NC(=O)O)CC4)cn3)c21. The highest BCUT2D eigenvalue weighted by atomic mass is 16.5. The molecular weight excluding hydrogens is 362 g/mol. The molecule has 8 heteroatoms. The molecule has 0 atom stereocenters. The number of ether oxygens (including phenoxy) is 2. The second-order valence-corrected chi connectivity index (χ2v) is 7.76. The third-order valence-electron chi connectivity index (χ3n) is 4.99. The Morgan fingerprint density at radius 3 is 2.64 bits per heavy atom. The van der Waals surface area contributed by atoms with Crippen LogP contribution in [-0.4, -0.2) is 34.2 Å². The van der Waals surface area contributed by atoms with Crippen LogP contribution in [0.25, 0.3) is 0 Å². The minimum atomic E-state index is -1.21. The first kappa shape index (κ1) is 18.1. The lowest BCUT2D eigenvalue weighted by Crippen LogP contribution is -2.45. The number of carbonyl (C=O) groups is 2. The van der Waals surface area contributed by atoms with Crippen LogP contribution in [0.15, 0.2) is 36.5 Å². The van der Waals surface area contributed by atoms with Gasteiger partial charge in [0.15, 0.2) is 0 Å². The van der Waals surface area contributed by atoms with Gasteiger partial charge in [0.25, 0.3) is 0 Å². The van der Waals surface area contributed by atoms with Gasteiger partial charge in [0.2, 0.25) is 11.8 Å². The van der Waals surface area contributed by atoms with Crippen molar-refractivity contribution in [2.45, 2.75) is 37.6 Å². The zero-order valence-corrected chi connectivity index (χ0v) is 15.6. The number of nitrogens with one attached hydrogen (secondary N) is 2. The van der Waals surface area contributed by atoms with Gasteiger partial charge in [-0.15, -0.1) is 0 Å². The van der Waals surface area contributed by atoms with E-state index in [9.17, 15) is 9.59 Å². The molecule has 28 heavy (non-hydrogen) atoms. The highest BCUT2D eigenvalue weighted by Crippen LogP contribution is 2.45. The molecule has 1 aromatic heterocycles. The number of nitrogens with zero attached hydrogens (tertiary/aromatic N) is 1. The summed E-state index contributed by atoms with van der Waals surface area (Å²) in [6.45, 7) is 4.78. The second kappa shape index (κ2) is 6.40. The number of aromatic nitrogens is 1. The van der Waals surface area contributed by atoms with Gasteiger partial charge in [0.05, 0.1) is 18.5 Å². The van der Waals surface area contributed by atoms with E-state index in [-0.39, 0.29) is 11.3 Å². The molecule has 2 amide bonds. The summed E-state index contributed by atoms with van der Waals surface area (Å²) in [4.78, 5) is 27.4. The molecule has 1 saturated carbocycles. The number of fused-ring (bicyclic) bond motifs is 1. The smallest absolute Gasteiger partial charge is 0.405 e. The Morgan fingerprint density at radius 2 is 2.00 bits per heavy atom. The van der Waals surface area contributed by atoms with Crippen LogP contribution >= 0.6 is 0 Å². The van der Waals surface area contributed by atoms with E-state index in [4.69, 9.17) is 14.6 Å². The van der Waals surface area contributed by atoms with E-state index in [1.54, 1.807) is 12.1 Å². The molecular formula is C20H21N3O5. The number of hydrogen-bond acceptors (Lipinski definition) is 5. The zero-order chi connectivity index (χ0) is 19.9. The van der Waals surface area contributed by atoms with E-state index in [1.165, 1.54) is 6.20 Å². The van der Waals surface area contributed by atoms with Crippen molar-refractivity contribution in [3.8, 4) is 17.4 Å². The third-order valence-corrected chi connectivity index (χ3v) is 4.99. The predicted octanol–water partition coefficient (Wildman–Crippen LogP) is 3.28. The number of rotatable bonds is 5.